The average molecular weight is 202 g/mol. The van der Waals surface area contributed by atoms with E-state index in [9.17, 15) is 9.90 Å². The Morgan fingerprint density at radius 1 is 1.40 bits per heavy atom. The second-order valence-electron chi connectivity index (χ2n) is 3.21. The van der Waals surface area contributed by atoms with Crippen molar-refractivity contribution >= 4 is 6.29 Å². The highest BCUT2D eigenvalue weighted by Gasteiger charge is 2.09. The molecule has 0 atom stereocenters. The van der Waals surface area contributed by atoms with E-state index in [0.717, 1.165) is 6.29 Å². The van der Waals surface area contributed by atoms with Crippen LogP contribution >= 0.6 is 0 Å². The summed E-state index contributed by atoms with van der Waals surface area (Å²) in [7, 11) is 1.69. The van der Waals surface area contributed by atoms with Gasteiger partial charge in [0.25, 0.3) is 0 Å². The number of phenolic OH excluding ortho intramolecular Hbond substituents is 1. The van der Waals surface area contributed by atoms with Crippen LogP contribution in [0.1, 0.15) is 10.5 Å². The number of aryl methyl sites for hydroxylation is 1. The number of aromatic nitrogens is 2. The first kappa shape index (κ1) is 9.45. The van der Waals surface area contributed by atoms with Gasteiger partial charge in [-0.3, -0.25) is 9.48 Å². The van der Waals surface area contributed by atoms with E-state index in [2.05, 4.69) is 5.10 Å². The summed E-state index contributed by atoms with van der Waals surface area (Å²) in [6, 6.07) is 8.53. The van der Waals surface area contributed by atoms with Crippen LogP contribution in [-0.2, 0) is 7.05 Å². The fraction of sp³-hybridized carbons (Fsp3) is 0.0909. The quantitative estimate of drug-likeness (QED) is 0.752. The maximum absolute atomic E-state index is 10.6. The predicted octanol–water partition coefficient (Wildman–Crippen LogP) is 1.61. The highest BCUT2D eigenvalue weighted by atomic mass is 16.3. The zero-order valence-electron chi connectivity index (χ0n) is 8.21. The highest BCUT2D eigenvalue weighted by molar-refractivity contribution is 5.77. The molecule has 1 heterocycles. The summed E-state index contributed by atoms with van der Waals surface area (Å²) in [4.78, 5) is 10.6. The van der Waals surface area contributed by atoms with E-state index in [1.807, 2.05) is 6.07 Å². The van der Waals surface area contributed by atoms with E-state index in [4.69, 9.17) is 0 Å². The van der Waals surface area contributed by atoms with Crippen molar-refractivity contribution in [2.45, 2.75) is 0 Å². The molecule has 0 saturated carbocycles. The number of hydrogen-bond donors (Lipinski definition) is 1. The highest BCUT2D eigenvalue weighted by Crippen LogP contribution is 2.27. The van der Waals surface area contributed by atoms with Crippen molar-refractivity contribution in [1.82, 2.24) is 9.78 Å². The lowest BCUT2D eigenvalue weighted by atomic mass is 10.1. The lowest BCUT2D eigenvalue weighted by Gasteiger charge is -1.98. The zero-order chi connectivity index (χ0) is 10.8. The van der Waals surface area contributed by atoms with Gasteiger partial charge in [0.05, 0.1) is 5.69 Å². The molecule has 0 amide bonds. The van der Waals surface area contributed by atoms with Crippen LogP contribution in [0.15, 0.2) is 30.3 Å². The Labute approximate surface area is 86.8 Å². The molecular formula is C11H10N2O2. The Kier molecular flexibility index (Phi) is 2.25. The largest absolute Gasteiger partial charge is 0.507 e. The molecule has 0 bridgehead atoms. The minimum absolute atomic E-state index is 0.160. The van der Waals surface area contributed by atoms with Crippen LogP contribution in [-0.4, -0.2) is 21.2 Å². The van der Waals surface area contributed by atoms with Gasteiger partial charge in [0.1, 0.15) is 11.4 Å². The van der Waals surface area contributed by atoms with Gasteiger partial charge in [-0.05, 0) is 18.2 Å². The molecule has 76 valence electrons. The van der Waals surface area contributed by atoms with E-state index in [1.54, 1.807) is 31.3 Å². The first-order valence-electron chi connectivity index (χ1n) is 4.50. The molecule has 15 heavy (non-hydrogen) atoms. The van der Waals surface area contributed by atoms with Crippen molar-refractivity contribution in [2.75, 3.05) is 0 Å². The molecule has 0 radical (unpaired) electrons. The molecule has 0 spiro atoms. The van der Waals surface area contributed by atoms with Crippen LogP contribution in [0.2, 0.25) is 0 Å². The molecule has 0 aliphatic carbocycles. The summed E-state index contributed by atoms with van der Waals surface area (Å²) in [5.74, 6) is 0.160. The predicted molar refractivity (Wildman–Crippen MR) is 55.7 cm³/mol. The van der Waals surface area contributed by atoms with Gasteiger partial charge in [0.2, 0.25) is 0 Å². The molecule has 0 fully saturated rings. The third-order valence-corrected chi connectivity index (χ3v) is 2.22. The molecule has 0 unspecified atom stereocenters. The molecule has 4 nitrogen and oxygen atoms in total. The molecule has 2 aromatic rings. The summed E-state index contributed by atoms with van der Waals surface area (Å²) >= 11 is 0. The topological polar surface area (TPSA) is 55.1 Å². The third kappa shape index (κ3) is 1.61. The maximum atomic E-state index is 10.6. The molecular weight excluding hydrogens is 192 g/mol. The van der Waals surface area contributed by atoms with Crippen LogP contribution in [0.4, 0.5) is 0 Å². The zero-order valence-corrected chi connectivity index (χ0v) is 8.21. The number of rotatable bonds is 2. The van der Waals surface area contributed by atoms with Gasteiger partial charge in [-0.2, -0.15) is 5.10 Å². The third-order valence-electron chi connectivity index (χ3n) is 2.22. The fourth-order valence-corrected chi connectivity index (χ4v) is 1.41. The number of carbonyl (C=O) groups is 1. The van der Waals surface area contributed by atoms with Gasteiger partial charge >= 0.3 is 0 Å². The summed E-state index contributed by atoms with van der Waals surface area (Å²) < 4.78 is 1.48. The number of carbonyl (C=O) groups excluding carboxylic acids is 1. The minimum Gasteiger partial charge on any atom is -0.507 e. The van der Waals surface area contributed by atoms with E-state index in [1.165, 1.54) is 4.68 Å². The molecule has 1 aromatic carbocycles. The SMILES string of the molecule is Cn1nc(-c2ccccc2O)cc1C=O. The van der Waals surface area contributed by atoms with Crippen molar-refractivity contribution in [3.63, 3.8) is 0 Å². The molecule has 0 saturated heterocycles. The van der Waals surface area contributed by atoms with Crippen LogP contribution in [0, 0.1) is 0 Å². The monoisotopic (exact) mass is 202 g/mol. The Balaban J connectivity index is 2.55. The van der Waals surface area contributed by atoms with Crippen molar-refractivity contribution in [2.24, 2.45) is 7.05 Å². The van der Waals surface area contributed by atoms with Gasteiger partial charge in [-0.1, -0.05) is 12.1 Å². The number of nitrogens with zero attached hydrogens (tertiary/aromatic N) is 2. The minimum atomic E-state index is 0.160. The van der Waals surface area contributed by atoms with E-state index in [0.29, 0.717) is 17.0 Å². The van der Waals surface area contributed by atoms with Gasteiger partial charge < -0.3 is 5.11 Å². The van der Waals surface area contributed by atoms with Crippen LogP contribution in [0.25, 0.3) is 11.3 Å². The summed E-state index contributed by atoms with van der Waals surface area (Å²) in [6.45, 7) is 0. The van der Waals surface area contributed by atoms with E-state index < -0.39 is 0 Å². The van der Waals surface area contributed by atoms with Crippen molar-refractivity contribution < 1.29 is 9.90 Å². The van der Waals surface area contributed by atoms with Gasteiger partial charge in [0.15, 0.2) is 6.29 Å². The molecule has 0 aliphatic heterocycles. The van der Waals surface area contributed by atoms with Crippen LogP contribution in [0.3, 0.4) is 0 Å². The van der Waals surface area contributed by atoms with Gasteiger partial charge in [0, 0.05) is 12.6 Å². The Morgan fingerprint density at radius 3 is 2.73 bits per heavy atom. The molecule has 2 rings (SSSR count). The standard InChI is InChI=1S/C11H10N2O2/c1-13-8(7-14)6-10(12-13)9-4-2-3-5-11(9)15/h2-7,15H,1H3. The molecule has 1 aromatic heterocycles. The lowest BCUT2D eigenvalue weighted by Crippen LogP contribution is -1.95. The fourth-order valence-electron chi connectivity index (χ4n) is 1.41. The maximum Gasteiger partial charge on any atom is 0.168 e. The Hall–Kier alpha value is -2.10. The first-order chi connectivity index (χ1) is 7.22. The Bertz CT molecular complexity index is 503. The number of hydrogen-bond acceptors (Lipinski definition) is 3. The smallest absolute Gasteiger partial charge is 0.168 e. The second-order valence-corrected chi connectivity index (χ2v) is 3.21. The number of phenols is 1. The van der Waals surface area contributed by atoms with Crippen LogP contribution in [0.5, 0.6) is 5.75 Å². The number of para-hydroxylation sites is 1. The first-order valence-corrected chi connectivity index (χ1v) is 4.50. The number of aromatic hydroxyl groups is 1. The average Bonchev–Trinajstić information content (AvgIpc) is 2.60. The lowest BCUT2D eigenvalue weighted by molar-refractivity contribution is 0.111. The van der Waals surface area contributed by atoms with E-state index in [-0.39, 0.29) is 5.75 Å². The number of aldehydes is 1. The van der Waals surface area contributed by atoms with Gasteiger partial charge in [-0.25, -0.2) is 0 Å². The summed E-state index contributed by atoms with van der Waals surface area (Å²) in [5.41, 5.74) is 1.70. The van der Waals surface area contributed by atoms with Crippen molar-refractivity contribution in [3.8, 4) is 17.0 Å². The molecule has 1 N–H and O–H groups in total. The molecule has 4 heteroatoms. The van der Waals surface area contributed by atoms with Crippen molar-refractivity contribution in [1.29, 1.82) is 0 Å². The summed E-state index contributed by atoms with van der Waals surface area (Å²) in [5, 5.41) is 13.7. The second kappa shape index (κ2) is 3.57. The van der Waals surface area contributed by atoms with Gasteiger partial charge in [-0.15, -0.1) is 0 Å². The summed E-state index contributed by atoms with van der Waals surface area (Å²) in [6.07, 6.45) is 0.733. The number of benzene rings is 1. The molecule has 0 aliphatic rings. The van der Waals surface area contributed by atoms with E-state index >= 15 is 0 Å². The van der Waals surface area contributed by atoms with Crippen LogP contribution < -0.4 is 0 Å². The normalized spacial score (nSPS) is 10.2. The Morgan fingerprint density at radius 2 is 2.13 bits per heavy atom. The van der Waals surface area contributed by atoms with Crippen molar-refractivity contribution in [3.05, 3.63) is 36.0 Å².